The lowest BCUT2D eigenvalue weighted by Gasteiger charge is -2.28. The summed E-state index contributed by atoms with van der Waals surface area (Å²) < 4.78 is 5.83. The fourth-order valence-electron chi connectivity index (χ4n) is 5.14. The third-order valence-corrected chi connectivity index (χ3v) is 7.36. The van der Waals surface area contributed by atoms with Gasteiger partial charge in [-0.05, 0) is 98.1 Å². The highest BCUT2D eigenvalue weighted by atomic mass is 16.5. The average molecular weight is 467 g/mol. The van der Waals surface area contributed by atoms with Gasteiger partial charge in [0.25, 0.3) is 0 Å². The molecule has 0 bridgehead atoms. The number of hydrogen-bond acceptors (Lipinski definition) is 2. The summed E-state index contributed by atoms with van der Waals surface area (Å²) in [6, 6.07) is 27.3. The molecule has 0 unspecified atom stereocenters. The Bertz CT molecular complexity index is 1070. The molecule has 1 saturated carbocycles. The molecule has 0 aromatic heterocycles. The molecule has 3 aromatic rings. The van der Waals surface area contributed by atoms with Crippen molar-refractivity contribution in [2.75, 3.05) is 0 Å². The second-order valence-electron chi connectivity index (χ2n) is 9.98. The van der Waals surface area contributed by atoms with E-state index in [0.29, 0.717) is 11.5 Å². The normalized spacial score (nSPS) is 18.9. The summed E-state index contributed by atoms with van der Waals surface area (Å²) >= 11 is 0. The SMILES string of the molecule is C/C=C/CCC1CCC(OC(=O)c2ccc(-c3ccc(C[C@H](C)c4ccccc4)cc3)cc2)CC1. The first-order chi connectivity index (χ1) is 17.1. The number of allylic oxidation sites excluding steroid dienone is 2. The van der Waals surface area contributed by atoms with Crippen LogP contribution in [0.2, 0.25) is 0 Å². The molecule has 35 heavy (non-hydrogen) atoms. The van der Waals surface area contributed by atoms with Crippen molar-refractivity contribution in [1.29, 1.82) is 0 Å². The zero-order chi connectivity index (χ0) is 24.5. The molecule has 1 atom stereocenters. The van der Waals surface area contributed by atoms with Gasteiger partial charge in [0.2, 0.25) is 0 Å². The summed E-state index contributed by atoms with van der Waals surface area (Å²) in [4.78, 5) is 12.7. The van der Waals surface area contributed by atoms with Gasteiger partial charge in [0.15, 0.2) is 0 Å². The molecule has 2 heteroatoms. The lowest BCUT2D eigenvalue weighted by molar-refractivity contribution is 0.0162. The van der Waals surface area contributed by atoms with Gasteiger partial charge in [-0.2, -0.15) is 0 Å². The van der Waals surface area contributed by atoms with E-state index in [1.807, 2.05) is 24.3 Å². The van der Waals surface area contributed by atoms with Crippen molar-refractivity contribution >= 4 is 5.97 Å². The van der Waals surface area contributed by atoms with Gasteiger partial charge in [-0.1, -0.05) is 85.8 Å². The van der Waals surface area contributed by atoms with Crippen LogP contribution in [-0.2, 0) is 11.2 Å². The van der Waals surface area contributed by atoms with E-state index < -0.39 is 0 Å². The number of esters is 1. The highest BCUT2D eigenvalue weighted by molar-refractivity contribution is 5.90. The Morgan fingerprint density at radius 3 is 2.14 bits per heavy atom. The molecule has 0 N–H and O–H groups in total. The second-order valence-corrected chi connectivity index (χ2v) is 9.98. The predicted molar refractivity (Wildman–Crippen MR) is 146 cm³/mol. The summed E-state index contributed by atoms with van der Waals surface area (Å²) in [5.41, 5.74) is 5.62. The Morgan fingerprint density at radius 1 is 0.886 bits per heavy atom. The van der Waals surface area contributed by atoms with Crippen LogP contribution in [0.15, 0.2) is 91.0 Å². The summed E-state index contributed by atoms with van der Waals surface area (Å²) in [6.45, 7) is 4.35. The van der Waals surface area contributed by atoms with Crippen molar-refractivity contribution in [2.24, 2.45) is 5.92 Å². The summed E-state index contributed by atoms with van der Waals surface area (Å²) in [5, 5.41) is 0. The molecule has 1 aliphatic rings. The Morgan fingerprint density at radius 2 is 1.51 bits per heavy atom. The van der Waals surface area contributed by atoms with Gasteiger partial charge in [-0.3, -0.25) is 0 Å². The van der Waals surface area contributed by atoms with E-state index in [1.54, 1.807) is 0 Å². The van der Waals surface area contributed by atoms with E-state index in [9.17, 15) is 4.79 Å². The van der Waals surface area contributed by atoms with Crippen LogP contribution in [0.4, 0.5) is 0 Å². The number of benzene rings is 3. The number of rotatable bonds is 9. The van der Waals surface area contributed by atoms with Gasteiger partial charge in [0, 0.05) is 0 Å². The lowest BCUT2D eigenvalue weighted by atomic mass is 9.84. The third-order valence-electron chi connectivity index (χ3n) is 7.36. The Balaban J connectivity index is 1.28. The Kier molecular flexibility index (Phi) is 8.95. The molecule has 2 nitrogen and oxygen atoms in total. The zero-order valence-electron chi connectivity index (χ0n) is 21.2. The van der Waals surface area contributed by atoms with Crippen molar-refractivity contribution in [3.05, 3.63) is 108 Å². The third kappa shape index (κ3) is 7.18. The molecule has 0 radical (unpaired) electrons. The summed E-state index contributed by atoms with van der Waals surface area (Å²) in [7, 11) is 0. The molecule has 4 rings (SSSR count). The fraction of sp³-hybridized carbons (Fsp3) is 0.364. The van der Waals surface area contributed by atoms with Crippen LogP contribution in [-0.4, -0.2) is 12.1 Å². The van der Waals surface area contributed by atoms with E-state index in [-0.39, 0.29) is 12.1 Å². The van der Waals surface area contributed by atoms with Crippen LogP contribution in [0.3, 0.4) is 0 Å². The summed E-state index contributed by atoms with van der Waals surface area (Å²) in [6.07, 6.45) is 12.2. The summed E-state index contributed by atoms with van der Waals surface area (Å²) in [5.74, 6) is 1.06. The molecule has 3 aromatic carbocycles. The number of ether oxygens (including phenoxy) is 1. The van der Waals surface area contributed by atoms with E-state index in [1.165, 1.54) is 17.5 Å². The van der Waals surface area contributed by atoms with Gasteiger partial charge < -0.3 is 4.74 Å². The first-order valence-corrected chi connectivity index (χ1v) is 13.2. The lowest BCUT2D eigenvalue weighted by Crippen LogP contribution is -2.24. The minimum atomic E-state index is -0.195. The van der Waals surface area contributed by atoms with Gasteiger partial charge in [-0.25, -0.2) is 4.79 Å². The van der Waals surface area contributed by atoms with Crippen LogP contribution < -0.4 is 0 Å². The molecular formula is C33H38O2. The van der Waals surface area contributed by atoms with Gasteiger partial charge in [0.1, 0.15) is 6.10 Å². The van der Waals surface area contributed by atoms with Crippen molar-refractivity contribution in [3.63, 3.8) is 0 Å². The van der Waals surface area contributed by atoms with Crippen molar-refractivity contribution in [3.8, 4) is 11.1 Å². The van der Waals surface area contributed by atoms with Crippen LogP contribution in [0.5, 0.6) is 0 Å². The van der Waals surface area contributed by atoms with Gasteiger partial charge in [-0.15, -0.1) is 0 Å². The molecule has 1 fully saturated rings. The topological polar surface area (TPSA) is 26.3 Å². The quantitative estimate of drug-likeness (QED) is 0.233. The Hall–Kier alpha value is -3.13. The average Bonchev–Trinajstić information content (AvgIpc) is 2.91. The number of carbonyl (C=O) groups excluding carboxylic acids is 1. The molecule has 0 spiro atoms. The molecule has 0 aliphatic heterocycles. The number of carbonyl (C=O) groups is 1. The molecule has 0 heterocycles. The maximum atomic E-state index is 12.7. The van der Waals surface area contributed by atoms with Gasteiger partial charge >= 0.3 is 5.97 Å². The van der Waals surface area contributed by atoms with E-state index in [4.69, 9.17) is 4.74 Å². The molecule has 1 aliphatic carbocycles. The van der Waals surface area contributed by atoms with Crippen LogP contribution in [0.1, 0.15) is 79.8 Å². The highest BCUT2D eigenvalue weighted by Crippen LogP contribution is 2.30. The van der Waals surface area contributed by atoms with Crippen molar-refractivity contribution in [2.45, 2.75) is 70.8 Å². The fourth-order valence-corrected chi connectivity index (χ4v) is 5.14. The van der Waals surface area contributed by atoms with E-state index in [0.717, 1.165) is 55.6 Å². The maximum Gasteiger partial charge on any atom is 0.338 e. The molecule has 0 saturated heterocycles. The molecule has 182 valence electrons. The zero-order valence-corrected chi connectivity index (χ0v) is 21.2. The smallest absolute Gasteiger partial charge is 0.338 e. The van der Waals surface area contributed by atoms with Crippen LogP contribution >= 0.6 is 0 Å². The predicted octanol–water partition coefficient (Wildman–Crippen LogP) is 8.77. The first kappa shape index (κ1) is 25.0. The maximum absolute atomic E-state index is 12.7. The standard InChI is InChI=1S/C33H38O2/c1-3-4-6-9-26-14-22-32(23-15-26)35-33(34)31-20-18-30(19-21-31)29-16-12-27(13-17-29)24-25(2)28-10-7-5-8-11-28/h3-5,7-8,10-13,16-21,25-26,32H,6,9,14-15,22-24H2,1-2H3/b4-3+/t25-,26?,32?/m0/s1. The monoisotopic (exact) mass is 466 g/mol. The number of hydrogen-bond donors (Lipinski definition) is 0. The van der Waals surface area contributed by atoms with Crippen LogP contribution in [0.25, 0.3) is 11.1 Å². The minimum Gasteiger partial charge on any atom is -0.459 e. The minimum absolute atomic E-state index is 0.0611. The van der Waals surface area contributed by atoms with Crippen molar-refractivity contribution < 1.29 is 9.53 Å². The van der Waals surface area contributed by atoms with Gasteiger partial charge in [0.05, 0.1) is 5.56 Å². The largest absolute Gasteiger partial charge is 0.459 e. The van der Waals surface area contributed by atoms with E-state index in [2.05, 4.69) is 80.6 Å². The van der Waals surface area contributed by atoms with Crippen molar-refractivity contribution in [1.82, 2.24) is 0 Å². The second kappa shape index (κ2) is 12.5. The molecular weight excluding hydrogens is 428 g/mol. The Labute approximate surface area is 211 Å². The van der Waals surface area contributed by atoms with Crippen LogP contribution in [0, 0.1) is 5.92 Å². The first-order valence-electron chi connectivity index (χ1n) is 13.2. The van der Waals surface area contributed by atoms with E-state index >= 15 is 0 Å². The molecule has 0 amide bonds. The highest BCUT2D eigenvalue weighted by Gasteiger charge is 2.24.